The number of hydrogen-bond acceptors (Lipinski definition) is 7. The Morgan fingerprint density at radius 1 is 1.26 bits per heavy atom. The van der Waals surface area contributed by atoms with Gasteiger partial charge in [0.05, 0.1) is 30.4 Å². The van der Waals surface area contributed by atoms with Crippen molar-refractivity contribution in [3.8, 4) is 17.2 Å². The molecule has 0 aliphatic carbocycles. The molecule has 0 radical (unpaired) electrons. The number of aryl methyl sites for hydroxylation is 1. The van der Waals surface area contributed by atoms with E-state index in [0.717, 1.165) is 41.4 Å². The number of benzene rings is 2. The summed E-state index contributed by atoms with van der Waals surface area (Å²) in [6.07, 6.45) is 7.24. The van der Waals surface area contributed by atoms with Gasteiger partial charge in [-0.2, -0.15) is 0 Å². The van der Waals surface area contributed by atoms with Crippen molar-refractivity contribution < 1.29 is 24.2 Å². The molecule has 8 nitrogen and oxygen atoms in total. The third-order valence-electron chi connectivity index (χ3n) is 6.22. The molecule has 0 spiro atoms. The highest BCUT2D eigenvalue weighted by Gasteiger charge is 2.50. The zero-order valence-electron chi connectivity index (χ0n) is 18.9. The van der Waals surface area contributed by atoms with Gasteiger partial charge in [-0.05, 0) is 61.2 Å². The highest BCUT2D eigenvalue weighted by Crippen LogP contribution is 2.43. The molecule has 1 atom stereocenters. The second kappa shape index (κ2) is 8.49. The van der Waals surface area contributed by atoms with Gasteiger partial charge in [0.2, 0.25) is 0 Å². The lowest BCUT2D eigenvalue weighted by molar-refractivity contribution is -0.138. The van der Waals surface area contributed by atoms with Crippen molar-refractivity contribution in [3.63, 3.8) is 0 Å². The molecule has 0 amide bonds. The molecule has 5 rings (SSSR count). The predicted molar refractivity (Wildman–Crippen MR) is 124 cm³/mol. The maximum absolute atomic E-state index is 13.6. The number of hydrogen-bond donors (Lipinski definition) is 2. The molecule has 1 saturated heterocycles. The van der Waals surface area contributed by atoms with Crippen LogP contribution in [0, 0.1) is 12.7 Å². The minimum atomic E-state index is -1.41. The average molecular weight is 464 g/mol. The summed E-state index contributed by atoms with van der Waals surface area (Å²) in [5.41, 5.74) is 2.49. The first kappa shape index (κ1) is 22.0. The summed E-state index contributed by atoms with van der Waals surface area (Å²) in [6, 6.07) is 9.54. The summed E-state index contributed by atoms with van der Waals surface area (Å²) >= 11 is 0. The number of phenols is 1. The first-order chi connectivity index (χ1) is 16.4. The molecule has 0 unspecified atom stereocenters. The molecular weight excluding hydrogens is 439 g/mol. The fourth-order valence-corrected chi connectivity index (χ4v) is 4.56. The SMILES string of the molecule is COc1cc(/C=C2\CCCN3C2=NO[C@]3(CO)c2ccc(F)cc2O)ccc1-n1cnc(C)c1. The molecule has 9 heteroatoms. The van der Waals surface area contributed by atoms with Gasteiger partial charge in [0.1, 0.15) is 23.9 Å². The lowest BCUT2D eigenvalue weighted by atomic mass is 9.94. The minimum absolute atomic E-state index is 0.262. The van der Waals surface area contributed by atoms with Crippen LogP contribution in [0.1, 0.15) is 29.7 Å². The van der Waals surface area contributed by atoms with Gasteiger partial charge in [-0.3, -0.25) is 0 Å². The highest BCUT2D eigenvalue weighted by atomic mass is 19.1. The van der Waals surface area contributed by atoms with E-state index in [-0.39, 0.29) is 11.3 Å². The number of phenolic OH excluding ortho intramolecular Hbond substituents is 1. The first-order valence-corrected chi connectivity index (χ1v) is 11.0. The van der Waals surface area contributed by atoms with Crippen molar-refractivity contribution in [3.05, 3.63) is 77.1 Å². The van der Waals surface area contributed by atoms with Crippen molar-refractivity contribution in [2.45, 2.75) is 25.5 Å². The summed E-state index contributed by atoms with van der Waals surface area (Å²) in [6.45, 7) is 2.04. The quantitative estimate of drug-likeness (QED) is 0.598. The largest absolute Gasteiger partial charge is 0.507 e. The van der Waals surface area contributed by atoms with Crippen LogP contribution in [0.3, 0.4) is 0 Å². The van der Waals surface area contributed by atoms with Gasteiger partial charge in [0.15, 0.2) is 5.84 Å². The predicted octanol–water partition coefficient (Wildman–Crippen LogP) is 3.70. The van der Waals surface area contributed by atoms with E-state index in [1.165, 1.54) is 12.1 Å². The maximum Gasteiger partial charge on any atom is 0.263 e. The van der Waals surface area contributed by atoms with E-state index in [4.69, 9.17) is 9.57 Å². The van der Waals surface area contributed by atoms with E-state index in [1.54, 1.807) is 13.4 Å². The first-order valence-electron chi connectivity index (χ1n) is 11.0. The molecule has 1 fully saturated rings. The number of piperidine rings is 1. The van der Waals surface area contributed by atoms with Crippen LogP contribution in [-0.4, -0.2) is 50.8 Å². The summed E-state index contributed by atoms with van der Waals surface area (Å²) in [7, 11) is 1.63. The summed E-state index contributed by atoms with van der Waals surface area (Å²) in [5, 5.41) is 25.0. The number of methoxy groups -OCH3 is 1. The van der Waals surface area contributed by atoms with Crippen molar-refractivity contribution in [2.24, 2.45) is 5.16 Å². The number of imidazole rings is 1. The molecule has 2 aromatic carbocycles. The molecule has 0 saturated carbocycles. The third kappa shape index (κ3) is 3.58. The fraction of sp³-hybridized carbons (Fsp3) is 0.280. The molecule has 2 N–H and O–H groups in total. The van der Waals surface area contributed by atoms with Crippen LogP contribution < -0.4 is 4.74 Å². The van der Waals surface area contributed by atoms with Crippen LogP contribution in [0.2, 0.25) is 0 Å². The topological polar surface area (TPSA) is 92.3 Å². The maximum atomic E-state index is 13.6. The van der Waals surface area contributed by atoms with E-state index in [0.29, 0.717) is 18.1 Å². The van der Waals surface area contributed by atoms with E-state index in [1.807, 2.05) is 46.9 Å². The molecule has 2 aliphatic heterocycles. The number of ether oxygens (including phenoxy) is 1. The Bertz CT molecular complexity index is 1300. The van der Waals surface area contributed by atoms with Gasteiger partial charge in [0.25, 0.3) is 5.72 Å². The van der Waals surface area contributed by atoms with Gasteiger partial charge in [-0.15, -0.1) is 0 Å². The lowest BCUT2D eigenvalue weighted by Crippen LogP contribution is -2.51. The number of fused-ring (bicyclic) bond motifs is 1. The van der Waals surface area contributed by atoms with E-state index < -0.39 is 18.1 Å². The molecule has 2 aliphatic rings. The second-order valence-electron chi connectivity index (χ2n) is 8.39. The lowest BCUT2D eigenvalue weighted by Gasteiger charge is -2.39. The molecule has 176 valence electrons. The zero-order valence-corrected chi connectivity index (χ0v) is 18.9. The van der Waals surface area contributed by atoms with Gasteiger partial charge in [-0.1, -0.05) is 11.2 Å². The average Bonchev–Trinajstić information content (AvgIpc) is 3.44. The fourth-order valence-electron chi connectivity index (χ4n) is 4.56. The number of nitrogens with zero attached hydrogens (tertiary/aromatic N) is 4. The van der Waals surface area contributed by atoms with Crippen molar-refractivity contribution in [2.75, 3.05) is 20.3 Å². The van der Waals surface area contributed by atoms with Crippen molar-refractivity contribution >= 4 is 11.9 Å². The van der Waals surface area contributed by atoms with Crippen molar-refractivity contribution in [1.82, 2.24) is 14.5 Å². The van der Waals surface area contributed by atoms with Gasteiger partial charge in [0, 0.05) is 18.8 Å². The summed E-state index contributed by atoms with van der Waals surface area (Å²) in [4.78, 5) is 11.8. The van der Waals surface area contributed by atoms with E-state index >= 15 is 0 Å². The molecule has 0 bridgehead atoms. The number of amidine groups is 1. The molecular formula is C25H25FN4O4. The molecule has 1 aromatic heterocycles. The highest BCUT2D eigenvalue weighted by molar-refractivity contribution is 6.03. The Morgan fingerprint density at radius 3 is 2.82 bits per heavy atom. The molecule has 3 aromatic rings. The summed E-state index contributed by atoms with van der Waals surface area (Å²) in [5.74, 6) is 0.412. The van der Waals surface area contributed by atoms with Crippen LogP contribution in [0.4, 0.5) is 4.39 Å². The zero-order chi connectivity index (χ0) is 23.9. The van der Waals surface area contributed by atoms with Crippen LogP contribution in [0.25, 0.3) is 11.8 Å². The Kier molecular flexibility index (Phi) is 5.49. The van der Waals surface area contributed by atoms with Gasteiger partial charge >= 0.3 is 0 Å². The summed E-state index contributed by atoms with van der Waals surface area (Å²) < 4.78 is 21.1. The van der Waals surface area contributed by atoms with Gasteiger partial charge < -0.3 is 29.3 Å². The number of rotatable bonds is 5. The van der Waals surface area contributed by atoms with Crippen LogP contribution in [-0.2, 0) is 10.6 Å². The third-order valence-corrected chi connectivity index (χ3v) is 6.22. The Labute approximate surface area is 196 Å². The van der Waals surface area contributed by atoms with E-state index in [9.17, 15) is 14.6 Å². The number of aromatic hydroxyl groups is 1. The Balaban J connectivity index is 1.49. The number of aliphatic hydroxyl groups is 1. The van der Waals surface area contributed by atoms with Crippen LogP contribution >= 0.6 is 0 Å². The number of oxime groups is 1. The number of aliphatic hydroxyl groups excluding tert-OH is 1. The normalized spacial score (nSPS) is 20.8. The minimum Gasteiger partial charge on any atom is -0.507 e. The second-order valence-corrected chi connectivity index (χ2v) is 8.39. The standard InChI is InChI=1S/C25H25FN4O4/c1-16-13-29(15-27-16)21-8-5-17(11-23(21)33-2)10-18-4-3-9-30-24(18)28-34-25(30,14-31)20-7-6-19(26)12-22(20)32/h5-8,10-13,15,31-32H,3-4,9,14H2,1-2H3/b18-10+/t25-/m1/s1. The van der Waals surface area contributed by atoms with Gasteiger partial charge in [-0.25, -0.2) is 9.37 Å². The molecule has 3 heterocycles. The monoisotopic (exact) mass is 464 g/mol. The van der Waals surface area contributed by atoms with Crippen LogP contribution in [0.15, 0.2) is 59.7 Å². The Hall–Kier alpha value is -3.85. The smallest absolute Gasteiger partial charge is 0.263 e. The van der Waals surface area contributed by atoms with E-state index in [2.05, 4.69) is 10.1 Å². The van der Waals surface area contributed by atoms with Crippen molar-refractivity contribution in [1.29, 1.82) is 0 Å². The van der Waals surface area contributed by atoms with Crippen LogP contribution in [0.5, 0.6) is 11.5 Å². The number of halogens is 1. The number of aromatic nitrogens is 2. The molecule has 34 heavy (non-hydrogen) atoms. The Morgan fingerprint density at radius 2 is 2.12 bits per heavy atom.